The van der Waals surface area contributed by atoms with Crippen LogP contribution < -0.4 is 5.32 Å². The van der Waals surface area contributed by atoms with Gasteiger partial charge in [-0.1, -0.05) is 40.0 Å². The van der Waals surface area contributed by atoms with E-state index in [1.165, 1.54) is 51.6 Å². The molecule has 2 atom stereocenters. The molecule has 2 unspecified atom stereocenters. The Morgan fingerprint density at radius 3 is 1.89 bits per heavy atom. The van der Waals surface area contributed by atoms with E-state index in [-0.39, 0.29) is 0 Å². The molecule has 0 aromatic heterocycles. The topological polar surface area (TPSA) is 15.3 Å². The van der Waals surface area contributed by atoms with Gasteiger partial charge in [-0.25, -0.2) is 0 Å². The first-order valence-electron chi connectivity index (χ1n) is 8.13. The van der Waals surface area contributed by atoms with Gasteiger partial charge in [0, 0.05) is 18.6 Å². The molecular weight excluding hydrogens is 220 g/mol. The Bertz CT molecular complexity index is 162. The fourth-order valence-corrected chi connectivity index (χ4v) is 2.31. The zero-order valence-corrected chi connectivity index (χ0v) is 13.5. The van der Waals surface area contributed by atoms with Crippen molar-refractivity contribution < 1.29 is 0 Å². The fraction of sp³-hybridized carbons (Fsp3) is 1.00. The standard InChI is InChI=1S/C16H36N2/c1-6-9-12-18(13-10-7-2)16(5)14-17-15(4)11-8-3/h15-17H,6-14H2,1-5H3. The molecule has 0 fully saturated rings. The van der Waals surface area contributed by atoms with Crippen molar-refractivity contribution in [1.29, 1.82) is 0 Å². The van der Waals surface area contributed by atoms with Gasteiger partial charge in [0.05, 0.1) is 0 Å². The number of unbranched alkanes of at least 4 members (excludes halogenated alkanes) is 2. The lowest BCUT2D eigenvalue weighted by atomic mass is 10.1. The van der Waals surface area contributed by atoms with Crippen LogP contribution in [-0.2, 0) is 0 Å². The molecule has 0 aliphatic heterocycles. The predicted octanol–water partition coefficient (Wildman–Crippen LogP) is 4.06. The van der Waals surface area contributed by atoms with Gasteiger partial charge in [0.25, 0.3) is 0 Å². The fourth-order valence-electron chi connectivity index (χ4n) is 2.31. The van der Waals surface area contributed by atoms with E-state index in [0.29, 0.717) is 12.1 Å². The van der Waals surface area contributed by atoms with Gasteiger partial charge in [-0.3, -0.25) is 4.90 Å². The quantitative estimate of drug-likeness (QED) is 0.566. The van der Waals surface area contributed by atoms with Crippen molar-refractivity contribution in [2.45, 2.75) is 85.2 Å². The minimum Gasteiger partial charge on any atom is -0.313 e. The largest absolute Gasteiger partial charge is 0.313 e. The molecule has 0 aromatic rings. The molecule has 0 aliphatic carbocycles. The van der Waals surface area contributed by atoms with Crippen LogP contribution in [0, 0.1) is 0 Å². The van der Waals surface area contributed by atoms with Gasteiger partial charge in [0.15, 0.2) is 0 Å². The Balaban J connectivity index is 3.97. The first-order valence-corrected chi connectivity index (χ1v) is 8.13. The Hall–Kier alpha value is -0.0800. The molecule has 2 nitrogen and oxygen atoms in total. The predicted molar refractivity (Wildman–Crippen MR) is 83.2 cm³/mol. The second kappa shape index (κ2) is 12.0. The highest BCUT2D eigenvalue weighted by atomic mass is 15.2. The van der Waals surface area contributed by atoms with Crippen LogP contribution in [0.3, 0.4) is 0 Å². The second-order valence-corrected chi connectivity index (χ2v) is 5.69. The van der Waals surface area contributed by atoms with Gasteiger partial charge in [0.2, 0.25) is 0 Å². The SMILES string of the molecule is CCCCN(CCCC)C(C)CNC(C)CCC. The van der Waals surface area contributed by atoms with E-state index in [4.69, 9.17) is 0 Å². The van der Waals surface area contributed by atoms with E-state index in [0.717, 1.165) is 6.54 Å². The van der Waals surface area contributed by atoms with E-state index in [1.807, 2.05) is 0 Å². The van der Waals surface area contributed by atoms with Gasteiger partial charge < -0.3 is 5.32 Å². The normalized spacial score (nSPS) is 15.0. The van der Waals surface area contributed by atoms with Crippen LogP contribution in [0.15, 0.2) is 0 Å². The van der Waals surface area contributed by atoms with Gasteiger partial charge in [-0.05, 0) is 46.2 Å². The average molecular weight is 256 g/mol. The molecule has 2 heteroatoms. The van der Waals surface area contributed by atoms with Crippen LogP contribution in [0.2, 0.25) is 0 Å². The Morgan fingerprint density at radius 1 is 0.889 bits per heavy atom. The number of hydrogen-bond donors (Lipinski definition) is 1. The summed E-state index contributed by atoms with van der Waals surface area (Å²) in [5.41, 5.74) is 0. The number of rotatable bonds is 12. The number of nitrogens with zero attached hydrogens (tertiary/aromatic N) is 1. The lowest BCUT2D eigenvalue weighted by Crippen LogP contribution is -2.43. The zero-order valence-electron chi connectivity index (χ0n) is 13.5. The summed E-state index contributed by atoms with van der Waals surface area (Å²) in [7, 11) is 0. The molecule has 0 saturated heterocycles. The van der Waals surface area contributed by atoms with Crippen molar-refractivity contribution in [3.63, 3.8) is 0 Å². The summed E-state index contributed by atoms with van der Waals surface area (Å²) in [5.74, 6) is 0. The maximum absolute atomic E-state index is 3.67. The highest BCUT2D eigenvalue weighted by Gasteiger charge is 2.13. The van der Waals surface area contributed by atoms with E-state index < -0.39 is 0 Å². The molecule has 0 heterocycles. The first-order chi connectivity index (χ1) is 8.65. The molecule has 0 spiro atoms. The van der Waals surface area contributed by atoms with Crippen LogP contribution >= 0.6 is 0 Å². The maximum atomic E-state index is 3.67. The van der Waals surface area contributed by atoms with Crippen molar-refractivity contribution in [1.82, 2.24) is 10.2 Å². The smallest absolute Gasteiger partial charge is 0.0192 e. The van der Waals surface area contributed by atoms with Gasteiger partial charge in [0.1, 0.15) is 0 Å². The number of hydrogen-bond acceptors (Lipinski definition) is 2. The second-order valence-electron chi connectivity index (χ2n) is 5.69. The van der Waals surface area contributed by atoms with Crippen molar-refractivity contribution >= 4 is 0 Å². The lowest BCUT2D eigenvalue weighted by molar-refractivity contribution is 0.194. The van der Waals surface area contributed by atoms with E-state index in [1.54, 1.807) is 0 Å². The zero-order chi connectivity index (χ0) is 13.8. The lowest BCUT2D eigenvalue weighted by Gasteiger charge is -2.30. The summed E-state index contributed by atoms with van der Waals surface area (Å²) in [6.07, 6.45) is 7.83. The molecule has 0 saturated carbocycles. The molecule has 0 aromatic carbocycles. The molecule has 0 amide bonds. The Morgan fingerprint density at radius 2 is 1.44 bits per heavy atom. The van der Waals surface area contributed by atoms with Gasteiger partial charge in [-0.15, -0.1) is 0 Å². The molecule has 0 aliphatic rings. The maximum Gasteiger partial charge on any atom is 0.0192 e. The summed E-state index contributed by atoms with van der Waals surface area (Å²) in [6.45, 7) is 15.2. The minimum atomic E-state index is 0.664. The molecule has 0 bridgehead atoms. The summed E-state index contributed by atoms with van der Waals surface area (Å²) in [5, 5.41) is 3.67. The van der Waals surface area contributed by atoms with Crippen LogP contribution in [0.4, 0.5) is 0 Å². The van der Waals surface area contributed by atoms with Crippen molar-refractivity contribution in [3.05, 3.63) is 0 Å². The molecule has 18 heavy (non-hydrogen) atoms. The van der Waals surface area contributed by atoms with E-state index in [2.05, 4.69) is 44.8 Å². The highest BCUT2D eigenvalue weighted by molar-refractivity contribution is 4.72. The van der Waals surface area contributed by atoms with Crippen molar-refractivity contribution in [3.8, 4) is 0 Å². The molecule has 0 radical (unpaired) electrons. The molecule has 1 N–H and O–H groups in total. The monoisotopic (exact) mass is 256 g/mol. The third-order valence-corrected chi connectivity index (χ3v) is 3.70. The molecule has 110 valence electrons. The minimum absolute atomic E-state index is 0.664. The van der Waals surface area contributed by atoms with Crippen molar-refractivity contribution in [2.24, 2.45) is 0 Å². The third kappa shape index (κ3) is 8.93. The van der Waals surface area contributed by atoms with Gasteiger partial charge >= 0.3 is 0 Å². The van der Waals surface area contributed by atoms with Gasteiger partial charge in [-0.2, -0.15) is 0 Å². The first kappa shape index (κ1) is 17.9. The summed E-state index contributed by atoms with van der Waals surface area (Å²) in [6, 6.07) is 1.33. The summed E-state index contributed by atoms with van der Waals surface area (Å²) >= 11 is 0. The van der Waals surface area contributed by atoms with E-state index in [9.17, 15) is 0 Å². The third-order valence-electron chi connectivity index (χ3n) is 3.70. The number of nitrogens with one attached hydrogen (secondary N) is 1. The van der Waals surface area contributed by atoms with Crippen LogP contribution in [0.25, 0.3) is 0 Å². The van der Waals surface area contributed by atoms with E-state index >= 15 is 0 Å². The van der Waals surface area contributed by atoms with Crippen LogP contribution in [0.1, 0.15) is 73.1 Å². The molecule has 0 rings (SSSR count). The Labute approximate surface area is 116 Å². The summed E-state index contributed by atoms with van der Waals surface area (Å²) < 4.78 is 0. The summed E-state index contributed by atoms with van der Waals surface area (Å²) in [4.78, 5) is 2.67. The van der Waals surface area contributed by atoms with Crippen LogP contribution in [0.5, 0.6) is 0 Å². The molecular formula is C16H36N2. The van der Waals surface area contributed by atoms with Crippen molar-refractivity contribution in [2.75, 3.05) is 19.6 Å². The average Bonchev–Trinajstić information content (AvgIpc) is 2.36. The highest BCUT2D eigenvalue weighted by Crippen LogP contribution is 2.05. The Kier molecular flexibility index (Phi) is 11.9. The van der Waals surface area contributed by atoms with Crippen LogP contribution in [-0.4, -0.2) is 36.6 Å².